The fourth-order valence-corrected chi connectivity index (χ4v) is 3.81. The van der Waals surface area contributed by atoms with Crippen molar-refractivity contribution in [3.05, 3.63) is 0 Å². The Balaban J connectivity index is 1.35. The van der Waals surface area contributed by atoms with Crippen molar-refractivity contribution < 1.29 is 4.74 Å². The molecule has 0 aromatic heterocycles. The van der Waals surface area contributed by atoms with Crippen LogP contribution in [0, 0.1) is 5.92 Å². The van der Waals surface area contributed by atoms with Crippen molar-refractivity contribution in [3.63, 3.8) is 0 Å². The van der Waals surface area contributed by atoms with E-state index in [2.05, 4.69) is 10.6 Å². The van der Waals surface area contributed by atoms with Crippen LogP contribution in [0.5, 0.6) is 0 Å². The average Bonchev–Trinajstić information content (AvgIpc) is 2.96. The van der Waals surface area contributed by atoms with Gasteiger partial charge in [0.05, 0.1) is 6.10 Å². The zero-order valence-electron chi connectivity index (χ0n) is 10.8. The lowest BCUT2D eigenvalue weighted by molar-refractivity contribution is 0.110. The van der Waals surface area contributed by atoms with E-state index in [1.54, 1.807) is 0 Å². The largest absolute Gasteiger partial charge is 0.377 e. The van der Waals surface area contributed by atoms with E-state index in [1.807, 2.05) is 0 Å². The molecule has 3 rings (SSSR count). The third-order valence-corrected chi connectivity index (χ3v) is 4.73. The van der Waals surface area contributed by atoms with E-state index in [0.717, 1.165) is 31.7 Å². The molecule has 3 aliphatic rings. The minimum Gasteiger partial charge on any atom is -0.377 e. The molecule has 4 atom stereocenters. The van der Waals surface area contributed by atoms with E-state index in [-0.39, 0.29) is 0 Å². The maximum Gasteiger partial charge on any atom is 0.0700 e. The van der Waals surface area contributed by atoms with Crippen LogP contribution < -0.4 is 10.6 Å². The predicted molar refractivity (Wildman–Crippen MR) is 69.1 cm³/mol. The number of hydrogen-bond donors (Lipinski definition) is 2. The van der Waals surface area contributed by atoms with Gasteiger partial charge in [-0.1, -0.05) is 12.8 Å². The van der Waals surface area contributed by atoms with E-state index in [1.165, 1.54) is 44.9 Å². The molecule has 0 aromatic rings. The Morgan fingerprint density at radius 1 is 1.06 bits per heavy atom. The van der Waals surface area contributed by atoms with Crippen molar-refractivity contribution in [3.8, 4) is 0 Å². The second-order valence-electron chi connectivity index (χ2n) is 6.04. The molecule has 2 saturated heterocycles. The Kier molecular flexibility index (Phi) is 3.99. The molecule has 0 amide bonds. The van der Waals surface area contributed by atoms with Crippen LogP contribution in [0.3, 0.4) is 0 Å². The molecule has 3 heteroatoms. The highest BCUT2D eigenvalue weighted by Crippen LogP contribution is 2.32. The molecular formula is C14H26N2O. The Labute approximate surface area is 105 Å². The van der Waals surface area contributed by atoms with Crippen LogP contribution in [0.1, 0.15) is 44.9 Å². The second kappa shape index (κ2) is 5.68. The molecule has 3 nitrogen and oxygen atoms in total. The SMILES string of the molecule is C1COC(CNCC2CC3CCCCC3N2)C1. The molecule has 4 unspecified atom stereocenters. The summed E-state index contributed by atoms with van der Waals surface area (Å²) in [5, 5.41) is 7.41. The van der Waals surface area contributed by atoms with Gasteiger partial charge in [0.2, 0.25) is 0 Å². The molecule has 0 radical (unpaired) electrons. The van der Waals surface area contributed by atoms with Crippen molar-refractivity contribution in [1.29, 1.82) is 0 Å². The first-order valence-electron chi connectivity index (χ1n) is 7.50. The first-order chi connectivity index (χ1) is 8.42. The molecule has 2 heterocycles. The van der Waals surface area contributed by atoms with Gasteiger partial charge >= 0.3 is 0 Å². The fraction of sp³-hybridized carbons (Fsp3) is 1.00. The molecule has 98 valence electrons. The minimum atomic E-state index is 0.485. The maximum absolute atomic E-state index is 5.63. The Bertz CT molecular complexity index is 226. The van der Waals surface area contributed by atoms with Crippen LogP contribution in [0.2, 0.25) is 0 Å². The molecule has 2 aliphatic heterocycles. The van der Waals surface area contributed by atoms with Gasteiger partial charge in [0.15, 0.2) is 0 Å². The van der Waals surface area contributed by atoms with Gasteiger partial charge in [-0.05, 0) is 38.0 Å². The number of hydrogen-bond acceptors (Lipinski definition) is 3. The number of fused-ring (bicyclic) bond motifs is 1. The van der Waals surface area contributed by atoms with Crippen molar-refractivity contribution in [2.75, 3.05) is 19.7 Å². The highest BCUT2D eigenvalue weighted by molar-refractivity contribution is 4.93. The summed E-state index contributed by atoms with van der Waals surface area (Å²) in [5.74, 6) is 0.971. The normalized spacial score (nSPS) is 41.6. The molecule has 1 saturated carbocycles. The van der Waals surface area contributed by atoms with Gasteiger partial charge in [0.1, 0.15) is 0 Å². The maximum atomic E-state index is 5.63. The zero-order chi connectivity index (χ0) is 11.5. The van der Waals surface area contributed by atoms with Crippen molar-refractivity contribution in [2.45, 2.75) is 63.1 Å². The summed E-state index contributed by atoms with van der Waals surface area (Å²) >= 11 is 0. The van der Waals surface area contributed by atoms with Crippen LogP contribution in [-0.4, -0.2) is 37.9 Å². The third-order valence-electron chi connectivity index (χ3n) is 4.73. The zero-order valence-corrected chi connectivity index (χ0v) is 10.8. The van der Waals surface area contributed by atoms with E-state index >= 15 is 0 Å². The fourth-order valence-electron chi connectivity index (χ4n) is 3.81. The van der Waals surface area contributed by atoms with E-state index in [0.29, 0.717) is 12.1 Å². The molecule has 0 bridgehead atoms. The summed E-state index contributed by atoms with van der Waals surface area (Å²) in [4.78, 5) is 0. The van der Waals surface area contributed by atoms with Crippen LogP contribution in [-0.2, 0) is 4.74 Å². The summed E-state index contributed by atoms with van der Waals surface area (Å²) in [7, 11) is 0. The van der Waals surface area contributed by atoms with E-state index < -0.39 is 0 Å². The third kappa shape index (κ3) is 3.01. The molecule has 0 aromatic carbocycles. The lowest BCUT2D eigenvalue weighted by Crippen LogP contribution is -2.40. The van der Waals surface area contributed by atoms with Crippen molar-refractivity contribution >= 4 is 0 Å². The van der Waals surface area contributed by atoms with Crippen molar-refractivity contribution in [2.24, 2.45) is 5.92 Å². The van der Waals surface area contributed by atoms with Crippen LogP contribution >= 0.6 is 0 Å². The molecule has 17 heavy (non-hydrogen) atoms. The number of ether oxygens (including phenoxy) is 1. The van der Waals surface area contributed by atoms with Gasteiger partial charge in [0.25, 0.3) is 0 Å². The van der Waals surface area contributed by atoms with Gasteiger partial charge in [-0.3, -0.25) is 0 Å². The summed E-state index contributed by atoms with van der Waals surface area (Å²) in [6.07, 6.45) is 10.1. The van der Waals surface area contributed by atoms with Crippen LogP contribution in [0.15, 0.2) is 0 Å². The summed E-state index contributed by atoms with van der Waals surface area (Å²) < 4.78 is 5.63. The topological polar surface area (TPSA) is 33.3 Å². The first-order valence-corrected chi connectivity index (χ1v) is 7.50. The summed E-state index contributed by atoms with van der Waals surface area (Å²) in [6.45, 7) is 3.15. The van der Waals surface area contributed by atoms with Gasteiger partial charge in [-0.15, -0.1) is 0 Å². The quantitative estimate of drug-likeness (QED) is 0.782. The Hall–Kier alpha value is -0.120. The van der Waals surface area contributed by atoms with E-state index in [4.69, 9.17) is 4.74 Å². The van der Waals surface area contributed by atoms with Gasteiger partial charge in [-0.25, -0.2) is 0 Å². The molecule has 3 fully saturated rings. The average molecular weight is 238 g/mol. The second-order valence-corrected chi connectivity index (χ2v) is 6.04. The highest BCUT2D eigenvalue weighted by atomic mass is 16.5. The predicted octanol–water partition coefficient (Wildman–Crippen LogP) is 1.68. The smallest absolute Gasteiger partial charge is 0.0700 e. The van der Waals surface area contributed by atoms with Crippen LogP contribution in [0.4, 0.5) is 0 Å². The standard InChI is InChI=1S/C14H26N2O/c1-2-6-14-11(4-1)8-12(16-14)9-15-10-13-5-3-7-17-13/h11-16H,1-10H2. The lowest BCUT2D eigenvalue weighted by Gasteiger charge is -2.24. The minimum absolute atomic E-state index is 0.485. The highest BCUT2D eigenvalue weighted by Gasteiger charge is 2.34. The summed E-state index contributed by atoms with van der Waals surface area (Å²) in [5.41, 5.74) is 0. The van der Waals surface area contributed by atoms with E-state index in [9.17, 15) is 0 Å². The molecular weight excluding hydrogens is 212 g/mol. The Morgan fingerprint density at radius 2 is 2.00 bits per heavy atom. The van der Waals surface area contributed by atoms with Crippen molar-refractivity contribution in [1.82, 2.24) is 10.6 Å². The monoisotopic (exact) mass is 238 g/mol. The van der Waals surface area contributed by atoms with Gasteiger partial charge in [0, 0.05) is 31.8 Å². The molecule has 2 N–H and O–H groups in total. The summed E-state index contributed by atoms with van der Waals surface area (Å²) in [6, 6.07) is 1.54. The Morgan fingerprint density at radius 3 is 2.82 bits per heavy atom. The van der Waals surface area contributed by atoms with Crippen LogP contribution in [0.25, 0.3) is 0 Å². The number of nitrogens with one attached hydrogen (secondary N) is 2. The van der Waals surface area contributed by atoms with Gasteiger partial charge < -0.3 is 15.4 Å². The number of rotatable bonds is 4. The lowest BCUT2D eigenvalue weighted by atomic mass is 9.85. The van der Waals surface area contributed by atoms with Gasteiger partial charge in [-0.2, -0.15) is 0 Å². The molecule has 0 spiro atoms. The first kappa shape index (κ1) is 11.9. The molecule has 1 aliphatic carbocycles.